The molecule has 0 unspecified atom stereocenters. The van der Waals surface area contributed by atoms with Crippen LogP contribution in [0, 0.1) is 0 Å². The number of nitrogen functional groups attached to an aromatic ring is 1. The number of nitrogens with two attached hydrogens (primary N) is 1. The Morgan fingerprint density at radius 3 is 2.45 bits per heavy atom. The van der Waals surface area contributed by atoms with E-state index in [1.54, 1.807) is 0 Å². The monoisotopic (exact) mass is 356 g/mol. The quantitative estimate of drug-likeness (QED) is 0.850. The van der Waals surface area contributed by atoms with Crippen LogP contribution in [0.5, 0.6) is 0 Å². The maximum Gasteiger partial charge on any atom is 0.261 e. The van der Waals surface area contributed by atoms with E-state index in [1.165, 1.54) is 0 Å². The predicted molar refractivity (Wildman–Crippen MR) is 93.2 cm³/mol. The Kier molecular flexibility index (Phi) is 4.29. The Balaban J connectivity index is 1.86. The molecule has 4 heteroatoms. The van der Waals surface area contributed by atoms with E-state index in [-0.39, 0.29) is 5.91 Å². The summed E-state index contributed by atoms with van der Waals surface area (Å²) in [5.41, 5.74) is 9.82. The number of anilines is 1. The SMILES string of the molecule is Nc1ccccc1C1=C(Br)C(=O)N(Cc2ccccc2)CC1. The number of hydrogen-bond acceptors (Lipinski definition) is 2. The molecule has 3 rings (SSSR count). The summed E-state index contributed by atoms with van der Waals surface area (Å²) in [6, 6.07) is 17.7. The van der Waals surface area contributed by atoms with Crippen LogP contribution in [0.15, 0.2) is 59.1 Å². The van der Waals surface area contributed by atoms with E-state index in [9.17, 15) is 4.79 Å². The van der Waals surface area contributed by atoms with Gasteiger partial charge in [-0.15, -0.1) is 0 Å². The van der Waals surface area contributed by atoms with Crippen LogP contribution in [0.3, 0.4) is 0 Å². The topological polar surface area (TPSA) is 46.3 Å². The summed E-state index contributed by atoms with van der Waals surface area (Å²) in [7, 11) is 0. The normalized spacial score (nSPS) is 15.3. The molecule has 0 saturated heterocycles. The molecule has 1 aliphatic rings. The van der Waals surface area contributed by atoms with E-state index in [4.69, 9.17) is 5.73 Å². The highest BCUT2D eigenvalue weighted by atomic mass is 79.9. The zero-order valence-corrected chi connectivity index (χ0v) is 13.7. The minimum absolute atomic E-state index is 0.0216. The van der Waals surface area contributed by atoms with Crippen LogP contribution in [-0.4, -0.2) is 17.4 Å². The van der Waals surface area contributed by atoms with Crippen molar-refractivity contribution in [2.75, 3.05) is 12.3 Å². The summed E-state index contributed by atoms with van der Waals surface area (Å²) >= 11 is 3.48. The molecule has 2 aromatic carbocycles. The third kappa shape index (κ3) is 2.92. The van der Waals surface area contributed by atoms with Crippen LogP contribution >= 0.6 is 15.9 Å². The zero-order chi connectivity index (χ0) is 15.5. The van der Waals surface area contributed by atoms with Crippen molar-refractivity contribution >= 4 is 33.1 Å². The number of amides is 1. The van der Waals surface area contributed by atoms with E-state index in [0.29, 0.717) is 23.3 Å². The average Bonchev–Trinajstić information content (AvgIpc) is 2.54. The first-order valence-corrected chi connectivity index (χ1v) is 8.03. The largest absolute Gasteiger partial charge is 0.398 e. The highest BCUT2D eigenvalue weighted by molar-refractivity contribution is 9.12. The molecule has 1 heterocycles. The Labute approximate surface area is 138 Å². The number of hydrogen-bond donors (Lipinski definition) is 1. The van der Waals surface area contributed by atoms with Crippen molar-refractivity contribution < 1.29 is 4.79 Å². The molecule has 0 fully saturated rings. The standard InChI is InChI=1S/C18H17BrN2O/c19-17-15(14-8-4-5-9-16(14)20)10-11-21(18(17)22)12-13-6-2-1-3-7-13/h1-9H,10-12,20H2. The van der Waals surface area contributed by atoms with Crippen LogP contribution in [0.1, 0.15) is 17.5 Å². The van der Waals surface area contributed by atoms with Gasteiger partial charge in [-0.05, 0) is 39.6 Å². The van der Waals surface area contributed by atoms with Gasteiger partial charge in [0.15, 0.2) is 0 Å². The number of halogens is 1. The molecule has 2 N–H and O–H groups in total. The van der Waals surface area contributed by atoms with Crippen LogP contribution in [-0.2, 0) is 11.3 Å². The third-order valence-electron chi connectivity index (χ3n) is 3.87. The molecule has 0 atom stereocenters. The van der Waals surface area contributed by atoms with Crippen molar-refractivity contribution in [3.05, 3.63) is 70.2 Å². The fourth-order valence-corrected chi connectivity index (χ4v) is 3.37. The zero-order valence-electron chi connectivity index (χ0n) is 12.1. The fourth-order valence-electron chi connectivity index (χ4n) is 2.71. The fraction of sp³-hybridized carbons (Fsp3) is 0.167. The average molecular weight is 357 g/mol. The minimum atomic E-state index is 0.0216. The van der Waals surface area contributed by atoms with Crippen molar-refractivity contribution in [2.24, 2.45) is 0 Å². The van der Waals surface area contributed by atoms with Gasteiger partial charge in [-0.2, -0.15) is 0 Å². The summed E-state index contributed by atoms with van der Waals surface area (Å²) in [5.74, 6) is 0.0216. The summed E-state index contributed by atoms with van der Waals surface area (Å²) in [4.78, 5) is 14.5. The molecule has 2 aromatic rings. The number of rotatable bonds is 3. The van der Waals surface area contributed by atoms with E-state index < -0.39 is 0 Å². The Bertz CT molecular complexity index is 725. The molecule has 0 aromatic heterocycles. The van der Waals surface area contributed by atoms with Crippen molar-refractivity contribution in [2.45, 2.75) is 13.0 Å². The Hall–Kier alpha value is -2.07. The van der Waals surface area contributed by atoms with Gasteiger partial charge in [0.05, 0.1) is 4.48 Å². The van der Waals surface area contributed by atoms with Gasteiger partial charge in [-0.3, -0.25) is 4.79 Å². The molecule has 3 nitrogen and oxygen atoms in total. The van der Waals surface area contributed by atoms with Crippen molar-refractivity contribution in [1.29, 1.82) is 0 Å². The first-order valence-electron chi connectivity index (χ1n) is 7.23. The molecular formula is C18H17BrN2O. The van der Waals surface area contributed by atoms with Gasteiger partial charge in [0.2, 0.25) is 0 Å². The van der Waals surface area contributed by atoms with E-state index in [2.05, 4.69) is 15.9 Å². The molecule has 112 valence electrons. The van der Waals surface area contributed by atoms with Crippen molar-refractivity contribution in [3.8, 4) is 0 Å². The molecule has 0 radical (unpaired) electrons. The number of para-hydroxylation sites is 1. The second-order valence-corrected chi connectivity index (χ2v) is 6.14. The summed E-state index contributed by atoms with van der Waals surface area (Å²) < 4.78 is 0.618. The van der Waals surface area contributed by atoms with Crippen molar-refractivity contribution in [1.82, 2.24) is 4.90 Å². The lowest BCUT2D eigenvalue weighted by molar-refractivity contribution is -0.127. The van der Waals surface area contributed by atoms with E-state index in [0.717, 1.165) is 23.1 Å². The maximum absolute atomic E-state index is 12.6. The molecule has 1 aliphatic heterocycles. The summed E-state index contributed by atoms with van der Waals surface area (Å²) in [6.07, 6.45) is 0.799. The van der Waals surface area contributed by atoms with Crippen molar-refractivity contribution in [3.63, 3.8) is 0 Å². The van der Waals surface area contributed by atoms with Crippen LogP contribution in [0.4, 0.5) is 5.69 Å². The molecule has 1 amide bonds. The number of benzene rings is 2. The lowest BCUT2D eigenvalue weighted by Crippen LogP contribution is -2.35. The molecule has 0 aliphatic carbocycles. The minimum Gasteiger partial charge on any atom is -0.398 e. The summed E-state index contributed by atoms with van der Waals surface area (Å²) in [6.45, 7) is 1.33. The number of carbonyl (C=O) groups is 1. The van der Waals surface area contributed by atoms with Gasteiger partial charge in [0, 0.05) is 24.3 Å². The van der Waals surface area contributed by atoms with Gasteiger partial charge in [-0.25, -0.2) is 0 Å². The smallest absolute Gasteiger partial charge is 0.261 e. The number of nitrogens with zero attached hydrogens (tertiary/aromatic N) is 1. The number of carbonyl (C=O) groups excluding carboxylic acids is 1. The first kappa shape index (κ1) is 14.9. The van der Waals surface area contributed by atoms with Gasteiger partial charge in [0.1, 0.15) is 0 Å². The third-order valence-corrected chi connectivity index (χ3v) is 4.69. The lowest BCUT2D eigenvalue weighted by atomic mass is 9.97. The van der Waals surface area contributed by atoms with Crippen LogP contribution in [0.2, 0.25) is 0 Å². The first-order chi connectivity index (χ1) is 10.7. The molecule has 0 saturated carbocycles. The van der Waals surface area contributed by atoms with Gasteiger partial charge in [0.25, 0.3) is 5.91 Å². The molecule has 22 heavy (non-hydrogen) atoms. The lowest BCUT2D eigenvalue weighted by Gasteiger charge is -2.29. The van der Waals surface area contributed by atoms with Crippen LogP contribution in [0.25, 0.3) is 5.57 Å². The Morgan fingerprint density at radius 2 is 1.73 bits per heavy atom. The summed E-state index contributed by atoms with van der Waals surface area (Å²) in [5, 5.41) is 0. The van der Waals surface area contributed by atoms with E-state index in [1.807, 2.05) is 59.5 Å². The molecular weight excluding hydrogens is 340 g/mol. The predicted octanol–water partition coefficient (Wildman–Crippen LogP) is 3.81. The molecule has 0 bridgehead atoms. The van der Waals surface area contributed by atoms with Crippen LogP contribution < -0.4 is 5.73 Å². The Morgan fingerprint density at radius 1 is 1.05 bits per heavy atom. The second-order valence-electron chi connectivity index (χ2n) is 5.34. The second kappa shape index (κ2) is 6.36. The van der Waals surface area contributed by atoms with Gasteiger partial charge < -0.3 is 10.6 Å². The highest BCUT2D eigenvalue weighted by Crippen LogP contribution is 2.34. The highest BCUT2D eigenvalue weighted by Gasteiger charge is 2.26. The maximum atomic E-state index is 12.6. The van der Waals surface area contributed by atoms with Gasteiger partial charge in [-0.1, -0.05) is 48.5 Å². The molecule has 0 spiro atoms. The van der Waals surface area contributed by atoms with Gasteiger partial charge >= 0.3 is 0 Å². The van der Waals surface area contributed by atoms with E-state index >= 15 is 0 Å².